The molecule has 15 heavy (non-hydrogen) atoms. The second-order valence-corrected chi connectivity index (χ2v) is 4.87. The molecule has 0 aromatic heterocycles. The topological polar surface area (TPSA) is 12.0 Å². The normalized spacial score (nSPS) is 26.6. The van der Waals surface area contributed by atoms with Crippen molar-refractivity contribution in [3.63, 3.8) is 0 Å². The molecule has 0 spiro atoms. The second-order valence-electron chi connectivity index (χ2n) is 4.87. The van der Waals surface area contributed by atoms with E-state index in [0.29, 0.717) is 0 Å². The average Bonchev–Trinajstić information content (AvgIpc) is 2.31. The molecule has 1 heteroatoms. The van der Waals surface area contributed by atoms with Gasteiger partial charge in [-0.15, -0.1) is 0 Å². The summed E-state index contributed by atoms with van der Waals surface area (Å²) in [5, 5.41) is 3.54. The minimum Gasteiger partial charge on any atom is -0.389 e. The highest BCUT2D eigenvalue weighted by molar-refractivity contribution is 5.10. The first-order valence-electron chi connectivity index (χ1n) is 6.49. The fourth-order valence-corrected chi connectivity index (χ4v) is 2.71. The molecule has 1 heterocycles. The van der Waals surface area contributed by atoms with E-state index in [2.05, 4.69) is 24.4 Å². The van der Waals surface area contributed by atoms with E-state index < -0.39 is 0 Å². The second kappa shape index (κ2) is 5.39. The highest BCUT2D eigenvalue weighted by atomic mass is 14.9. The van der Waals surface area contributed by atoms with Crippen LogP contribution in [0.3, 0.4) is 0 Å². The molecule has 0 aromatic rings. The minimum absolute atomic E-state index is 0.904. The number of allylic oxidation sites excluding steroid dienone is 4. The van der Waals surface area contributed by atoms with Gasteiger partial charge in [0.05, 0.1) is 0 Å². The fourth-order valence-electron chi connectivity index (χ4n) is 2.71. The van der Waals surface area contributed by atoms with E-state index in [0.717, 1.165) is 5.92 Å². The van der Waals surface area contributed by atoms with Gasteiger partial charge < -0.3 is 5.32 Å². The van der Waals surface area contributed by atoms with Crippen molar-refractivity contribution in [3.8, 4) is 0 Å². The van der Waals surface area contributed by atoms with E-state index in [1.165, 1.54) is 57.2 Å². The molecule has 84 valence electrons. The maximum Gasteiger partial charge on any atom is 0.0146 e. The van der Waals surface area contributed by atoms with Gasteiger partial charge >= 0.3 is 0 Å². The van der Waals surface area contributed by atoms with Crippen molar-refractivity contribution < 1.29 is 0 Å². The van der Waals surface area contributed by atoms with E-state index in [9.17, 15) is 0 Å². The molecule has 2 aliphatic rings. The van der Waals surface area contributed by atoms with Crippen molar-refractivity contribution in [3.05, 3.63) is 23.4 Å². The first kappa shape index (κ1) is 10.8. The Morgan fingerprint density at radius 2 is 2.27 bits per heavy atom. The van der Waals surface area contributed by atoms with Crippen LogP contribution in [0.4, 0.5) is 0 Å². The van der Waals surface area contributed by atoms with Crippen LogP contribution in [0.25, 0.3) is 0 Å². The summed E-state index contributed by atoms with van der Waals surface area (Å²) in [6.07, 6.45) is 14.0. The smallest absolute Gasteiger partial charge is 0.0146 e. The quantitative estimate of drug-likeness (QED) is 0.691. The highest BCUT2D eigenvalue weighted by Gasteiger charge is 2.16. The summed E-state index contributed by atoms with van der Waals surface area (Å²) >= 11 is 0. The van der Waals surface area contributed by atoms with E-state index >= 15 is 0 Å². The maximum atomic E-state index is 3.54. The van der Waals surface area contributed by atoms with Crippen molar-refractivity contribution in [2.24, 2.45) is 5.92 Å². The molecule has 0 radical (unpaired) electrons. The van der Waals surface area contributed by atoms with Gasteiger partial charge in [0.1, 0.15) is 0 Å². The predicted octanol–water partition coefficient (Wildman–Crippen LogP) is 3.78. The predicted molar refractivity (Wildman–Crippen MR) is 65.7 cm³/mol. The van der Waals surface area contributed by atoms with Crippen molar-refractivity contribution in [2.75, 3.05) is 6.54 Å². The Balaban J connectivity index is 1.84. The van der Waals surface area contributed by atoms with Crippen LogP contribution in [0, 0.1) is 5.92 Å². The first-order valence-corrected chi connectivity index (χ1v) is 6.49. The third-order valence-electron chi connectivity index (χ3n) is 3.65. The largest absolute Gasteiger partial charge is 0.389 e. The lowest BCUT2D eigenvalue weighted by molar-refractivity contribution is 0.439. The number of nitrogens with one attached hydrogen (secondary N) is 1. The lowest BCUT2D eigenvalue weighted by Crippen LogP contribution is -2.21. The van der Waals surface area contributed by atoms with Crippen molar-refractivity contribution >= 4 is 0 Å². The van der Waals surface area contributed by atoms with Gasteiger partial charge in [-0.3, -0.25) is 0 Å². The molecule has 0 saturated carbocycles. The molecule has 0 aromatic carbocycles. The zero-order chi connectivity index (χ0) is 10.5. The molecule has 0 unspecified atom stereocenters. The number of hydrogen-bond acceptors (Lipinski definition) is 1. The van der Waals surface area contributed by atoms with Crippen molar-refractivity contribution in [1.29, 1.82) is 0 Å². The number of rotatable bonds is 3. The van der Waals surface area contributed by atoms with Crippen LogP contribution in [0.15, 0.2) is 23.4 Å². The van der Waals surface area contributed by atoms with Gasteiger partial charge in [0, 0.05) is 12.2 Å². The molecule has 0 bridgehead atoms. The SMILES string of the molecule is CCC1=CCC[C@H](CC2=CCCCN2)C1. The van der Waals surface area contributed by atoms with Crippen LogP contribution in [-0.4, -0.2) is 6.54 Å². The van der Waals surface area contributed by atoms with Crippen LogP contribution in [0.2, 0.25) is 0 Å². The lowest BCUT2D eigenvalue weighted by atomic mass is 9.84. The molecule has 0 fully saturated rings. The number of hydrogen-bond donors (Lipinski definition) is 1. The van der Waals surface area contributed by atoms with Gasteiger partial charge in [-0.25, -0.2) is 0 Å². The molecule has 0 amide bonds. The Labute approximate surface area is 93.6 Å². The van der Waals surface area contributed by atoms with Gasteiger partial charge in [0.15, 0.2) is 0 Å². The maximum absolute atomic E-state index is 3.54. The monoisotopic (exact) mass is 205 g/mol. The van der Waals surface area contributed by atoms with E-state index in [1.807, 2.05) is 0 Å². The average molecular weight is 205 g/mol. The van der Waals surface area contributed by atoms with Gasteiger partial charge in [-0.1, -0.05) is 24.6 Å². The van der Waals surface area contributed by atoms with Crippen molar-refractivity contribution in [1.82, 2.24) is 5.32 Å². The third-order valence-corrected chi connectivity index (χ3v) is 3.65. The Bertz CT molecular complexity index is 263. The molecular weight excluding hydrogens is 182 g/mol. The Morgan fingerprint density at radius 3 is 3.00 bits per heavy atom. The van der Waals surface area contributed by atoms with Crippen molar-refractivity contribution in [2.45, 2.75) is 51.9 Å². The van der Waals surface area contributed by atoms with Crippen LogP contribution >= 0.6 is 0 Å². The third kappa shape index (κ3) is 3.12. The molecule has 1 N–H and O–H groups in total. The van der Waals surface area contributed by atoms with E-state index in [-0.39, 0.29) is 0 Å². The molecule has 2 rings (SSSR count). The summed E-state index contributed by atoms with van der Waals surface area (Å²) in [4.78, 5) is 0. The van der Waals surface area contributed by atoms with Crippen LogP contribution in [0.1, 0.15) is 51.9 Å². The van der Waals surface area contributed by atoms with Gasteiger partial charge in [-0.05, 0) is 50.9 Å². The molecule has 0 saturated heterocycles. The molecule has 1 aliphatic carbocycles. The van der Waals surface area contributed by atoms with E-state index in [4.69, 9.17) is 0 Å². The molecular formula is C14H23N. The Kier molecular flexibility index (Phi) is 3.87. The summed E-state index contributed by atoms with van der Waals surface area (Å²) in [5.41, 5.74) is 3.20. The molecule has 1 nitrogen and oxygen atoms in total. The highest BCUT2D eigenvalue weighted by Crippen LogP contribution is 2.30. The first-order chi connectivity index (χ1) is 7.38. The van der Waals surface area contributed by atoms with Gasteiger partial charge in [0.25, 0.3) is 0 Å². The molecule has 1 atom stereocenters. The van der Waals surface area contributed by atoms with E-state index in [1.54, 1.807) is 5.57 Å². The standard InChI is InChI=1S/C14H23N/c1-2-12-6-5-7-13(10-12)11-14-8-3-4-9-15-14/h6,8,13,15H,2-5,7,9-11H2,1H3/t13-/m0/s1. The Morgan fingerprint density at radius 1 is 1.33 bits per heavy atom. The van der Waals surface area contributed by atoms with Crippen LogP contribution in [0.5, 0.6) is 0 Å². The summed E-state index contributed by atoms with van der Waals surface area (Å²) in [7, 11) is 0. The summed E-state index contributed by atoms with van der Waals surface area (Å²) in [5.74, 6) is 0.904. The Hall–Kier alpha value is -0.720. The van der Waals surface area contributed by atoms with Crippen LogP contribution < -0.4 is 5.32 Å². The summed E-state index contributed by atoms with van der Waals surface area (Å²) in [6.45, 7) is 3.47. The van der Waals surface area contributed by atoms with Crippen LogP contribution in [-0.2, 0) is 0 Å². The van der Waals surface area contributed by atoms with Gasteiger partial charge in [0.2, 0.25) is 0 Å². The molecule has 1 aliphatic heterocycles. The zero-order valence-corrected chi connectivity index (χ0v) is 9.89. The van der Waals surface area contributed by atoms with Gasteiger partial charge in [-0.2, -0.15) is 0 Å². The minimum atomic E-state index is 0.904. The summed E-state index contributed by atoms with van der Waals surface area (Å²) < 4.78 is 0. The lowest BCUT2D eigenvalue weighted by Gasteiger charge is -2.25. The summed E-state index contributed by atoms with van der Waals surface area (Å²) in [6, 6.07) is 0. The fraction of sp³-hybridized carbons (Fsp3) is 0.714. The zero-order valence-electron chi connectivity index (χ0n) is 9.89.